The molecule has 1 saturated carbocycles. The molecule has 1 aromatic heterocycles. The minimum Gasteiger partial charge on any atom is -0.497 e. The molecular formula is C24H27N3O2S. The molecule has 0 amide bonds. The Morgan fingerprint density at radius 1 is 1.00 bits per heavy atom. The molecule has 0 N–H and O–H groups in total. The zero-order valence-electron chi connectivity index (χ0n) is 17.5. The van der Waals surface area contributed by atoms with Gasteiger partial charge in [0.05, 0.1) is 19.9 Å². The fourth-order valence-electron chi connectivity index (χ4n) is 3.65. The Labute approximate surface area is 181 Å². The van der Waals surface area contributed by atoms with Gasteiger partial charge in [0.25, 0.3) is 0 Å². The highest BCUT2D eigenvalue weighted by molar-refractivity contribution is 7.07. The van der Waals surface area contributed by atoms with Crippen molar-refractivity contribution in [2.24, 2.45) is 10.1 Å². The monoisotopic (exact) mass is 421 g/mol. The first kappa shape index (κ1) is 20.4. The van der Waals surface area contributed by atoms with E-state index >= 15 is 0 Å². The smallest absolute Gasteiger partial charge is 0.206 e. The molecular weight excluding hydrogens is 394 g/mol. The van der Waals surface area contributed by atoms with Crippen LogP contribution < -0.4 is 14.3 Å². The van der Waals surface area contributed by atoms with E-state index in [1.165, 1.54) is 24.1 Å². The van der Waals surface area contributed by atoms with Gasteiger partial charge in [-0.1, -0.05) is 30.3 Å². The maximum absolute atomic E-state index is 5.63. The molecule has 0 saturated heterocycles. The second kappa shape index (κ2) is 9.76. The van der Waals surface area contributed by atoms with Gasteiger partial charge in [-0.2, -0.15) is 5.10 Å². The Hall–Kier alpha value is -2.86. The Bertz CT molecular complexity index is 1080. The minimum atomic E-state index is 0.726. The van der Waals surface area contributed by atoms with Gasteiger partial charge in [-0.15, -0.1) is 11.3 Å². The summed E-state index contributed by atoms with van der Waals surface area (Å²) in [7, 11) is 3.37. The molecule has 1 aliphatic carbocycles. The van der Waals surface area contributed by atoms with E-state index in [1.807, 2.05) is 28.9 Å². The summed E-state index contributed by atoms with van der Waals surface area (Å²) in [6, 6.07) is 16.3. The zero-order valence-corrected chi connectivity index (χ0v) is 18.3. The summed E-state index contributed by atoms with van der Waals surface area (Å²) in [6.07, 6.45) is 5.44. The van der Waals surface area contributed by atoms with Crippen LogP contribution in [0.5, 0.6) is 11.5 Å². The molecule has 0 atom stereocenters. The minimum absolute atomic E-state index is 0.726. The maximum atomic E-state index is 5.63. The first-order valence-electron chi connectivity index (χ1n) is 10.3. The largest absolute Gasteiger partial charge is 0.497 e. The summed E-state index contributed by atoms with van der Waals surface area (Å²) in [5, 5.41) is 7.11. The van der Waals surface area contributed by atoms with Crippen LogP contribution in [0, 0.1) is 0 Å². The SMILES string of the molecule is COc1ccc(OC)c(-c2csc(=NCCc3ccccc3)n2N=C2CCCC2)c1. The lowest BCUT2D eigenvalue weighted by Gasteiger charge is -2.11. The van der Waals surface area contributed by atoms with Crippen LogP contribution in [0.15, 0.2) is 64.0 Å². The average Bonchev–Trinajstić information content (AvgIpc) is 3.45. The molecule has 5 nitrogen and oxygen atoms in total. The summed E-state index contributed by atoms with van der Waals surface area (Å²) < 4.78 is 13.1. The van der Waals surface area contributed by atoms with Crippen LogP contribution >= 0.6 is 11.3 Å². The van der Waals surface area contributed by atoms with Crippen molar-refractivity contribution < 1.29 is 9.47 Å². The summed E-state index contributed by atoms with van der Waals surface area (Å²) >= 11 is 1.62. The predicted octanol–water partition coefficient (Wildman–Crippen LogP) is 5.16. The molecule has 30 heavy (non-hydrogen) atoms. The number of hydrogen-bond acceptors (Lipinski definition) is 5. The first-order valence-corrected chi connectivity index (χ1v) is 11.2. The molecule has 1 fully saturated rings. The van der Waals surface area contributed by atoms with Crippen molar-refractivity contribution in [1.29, 1.82) is 0 Å². The molecule has 0 radical (unpaired) electrons. The van der Waals surface area contributed by atoms with E-state index in [9.17, 15) is 0 Å². The van der Waals surface area contributed by atoms with Crippen molar-refractivity contribution >= 4 is 17.0 Å². The number of hydrogen-bond donors (Lipinski definition) is 0. The van der Waals surface area contributed by atoms with E-state index in [4.69, 9.17) is 19.6 Å². The van der Waals surface area contributed by atoms with Crippen LogP contribution in [-0.4, -0.2) is 31.2 Å². The Morgan fingerprint density at radius 2 is 1.80 bits per heavy atom. The Kier molecular flexibility index (Phi) is 6.64. The van der Waals surface area contributed by atoms with Crippen molar-refractivity contribution in [3.05, 3.63) is 64.3 Å². The lowest BCUT2D eigenvalue weighted by Crippen LogP contribution is -2.15. The van der Waals surface area contributed by atoms with Gasteiger partial charge in [-0.3, -0.25) is 4.99 Å². The number of thiazole rings is 1. The van der Waals surface area contributed by atoms with Crippen LogP contribution in [0.25, 0.3) is 11.3 Å². The van der Waals surface area contributed by atoms with Crippen LogP contribution in [0.4, 0.5) is 0 Å². The highest BCUT2D eigenvalue weighted by atomic mass is 32.1. The highest BCUT2D eigenvalue weighted by Crippen LogP contribution is 2.34. The molecule has 1 heterocycles. The molecule has 2 aromatic carbocycles. The van der Waals surface area contributed by atoms with Crippen LogP contribution in [0.2, 0.25) is 0 Å². The van der Waals surface area contributed by atoms with Crippen molar-refractivity contribution in [2.45, 2.75) is 32.1 Å². The van der Waals surface area contributed by atoms with Crippen molar-refractivity contribution in [3.63, 3.8) is 0 Å². The second-order valence-corrected chi connectivity index (χ2v) is 8.11. The van der Waals surface area contributed by atoms with Gasteiger partial charge in [0, 0.05) is 23.2 Å². The predicted molar refractivity (Wildman–Crippen MR) is 123 cm³/mol. The number of ether oxygens (including phenoxy) is 2. The van der Waals surface area contributed by atoms with Crippen LogP contribution in [0.1, 0.15) is 31.2 Å². The normalized spacial score (nSPS) is 14.2. The lowest BCUT2D eigenvalue weighted by molar-refractivity contribution is 0.404. The molecule has 3 aromatic rings. The van der Waals surface area contributed by atoms with Gasteiger partial charge in [-0.05, 0) is 55.9 Å². The van der Waals surface area contributed by atoms with Crippen molar-refractivity contribution in [3.8, 4) is 22.8 Å². The molecule has 0 bridgehead atoms. The molecule has 156 valence electrons. The fraction of sp³-hybridized carbons (Fsp3) is 0.333. The summed E-state index contributed by atoms with van der Waals surface area (Å²) in [6.45, 7) is 0.726. The highest BCUT2D eigenvalue weighted by Gasteiger charge is 2.16. The van der Waals surface area contributed by atoms with Crippen molar-refractivity contribution in [2.75, 3.05) is 20.8 Å². The number of rotatable bonds is 7. The van der Waals surface area contributed by atoms with Gasteiger partial charge in [-0.25, -0.2) is 4.68 Å². The lowest BCUT2D eigenvalue weighted by atomic mass is 10.1. The van der Waals surface area contributed by atoms with E-state index in [0.717, 1.165) is 53.4 Å². The third kappa shape index (κ3) is 4.65. The molecule has 0 spiro atoms. The zero-order chi connectivity index (χ0) is 20.8. The fourth-order valence-corrected chi connectivity index (χ4v) is 4.50. The van der Waals surface area contributed by atoms with E-state index in [-0.39, 0.29) is 0 Å². The molecule has 4 rings (SSSR count). The van der Waals surface area contributed by atoms with Gasteiger partial charge in [0.2, 0.25) is 4.80 Å². The second-order valence-electron chi connectivity index (χ2n) is 7.27. The summed E-state index contributed by atoms with van der Waals surface area (Å²) in [5.74, 6) is 1.59. The third-order valence-corrected chi connectivity index (χ3v) is 6.13. The van der Waals surface area contributed by atoms with Crippen LogP contribution in [0.3, 0.4) is 0 Å². The molecule has 0 unspecified atom stereocenters. The molecule has 6 heteroatoms. The van der Waals surface area contributed by atoms with Gasteiger partial charge < -0.3 is 9.47 Å². The van der Waals surface area contributed by atoms with E-state index in [0.29, 0.717) is 0 Å². The van der Waals surface area contributed by atoms with E-state index in [2.05, 4.69) is 29.6 Å². The maximum Gasteiger partial charge on any atom is 0.206 e. The van der Waals surface area contributed by atoms with Gasteiger partial charge in [0.15, 0.2) is 0 Å². The summed E-state index contributed by atoms with van der Waals surface area (Å²) in [5.41, 5.74) is 4.47. The number of benzene rings is 2. The van der Waals surface area contributed by atoms with Crippen molar-refractivity contribution in [1.82, 2.24) is 4.68 Å². The standard InChI is InChI=1S/C24H27N3O2S/c1-28-20-12-13-23(29-2)21(16-20)22-17-30-24(27(22)26-19-10-6-7-11-19)25-15-14-18-8-4-3-5-9-18/h3-5,8-9,12-13,16-17H,6-7,10-11,14-15H2,1-2H3. The number of nitrogens with zero attached hydrogens (tertiary/aromatic N) is 3. The van der Waals surface area contributed by atoms with Crippen LogP contribution in [-0.2, 0) is 6.42 Å². The van der Waals surface area contributed by atoms with E-state index < -0.39 is 0 Å². The third-order valence-electron chi connectivity index (χ3n) is 5.28. The van der Waals surface area contributed by atoms with Gasteiger partial charge >= 0.3 is 0 Å². The Balaban J connectivity index is 1.74. The average molecular weight is 422 g/mol. The topological polar surface area (TPSA) is 48.1 Å². The number of aromatic nitrogens is 1. The van der Waals surface area contributed by atoms with Gasteiger partial charge in [0.1, 0.15) is 11.5 Å². The molecule has 1 aliphatic rings. The van der Waals surface area contributed by atoms with E-state index in [1.54, 1.807) is 25.6 Å². The summed E-state index contributed by atoms with van der Waals surface area (Å²) in [4.78, 5) is 5.80. The molecule has 0 aliphatic heterocycles. The first-order chi connectivity index (χ1) is 14.8. The number of methoxy groups -OCH3 is 2. The quantitative estimate of drug-likeness (QED) is 0.529. The Morgan fingerprint density at radius 3 is 2.53 bits per heavy atom.